The fraction of sp³-hybridized carbons (Fsp3) is 0.553. The normalized spacial score (nSPS) is 26.6. The zero-order chi connectivity index (χ0) is 48.8. The van der Waals surface area contributed by atoms with Gasteiger partial charge in [-0.15, -0.1) is 0 Å². The number of aromatic nitrogens is 1. The molecule has 0 radical (unpaired) electrons. The maximum absolute atomic E-state index is 15.3. The van der Waals surface area contributed by atoms with Gasteiger partial charge in [0.2, 0.25) is 33.3 Å². The van der Waals surface area contributed by atoms with Gasteiger partial charge in [-0.1, -0.05) is 26.0 Å². The molecule has 67 heavy (non-hydrogen) atoms. The third-order valence-corrected chi connectivity index (χ3v) is 14.6. The largest absolute Gasteiger partial charge is 0.497 e. The van der Waals surface area contributed by atoms with E-state index >= 15 is 4.39 Å². The van der Waals surface area contributed by atoms with Crippen LogP contribution in [0.3, 0.4) is 0 Å². The first-order chi connectivity index (χ1) is 31.4. The van der Waals surface area contributed by atoms with Gasteiger partial charge in [-0.3, -0.25) is 19.1 Å². The number of allylic oxidation sites excluding steroid dienone is 1. The van der Waals surface area contributed by atoms with Gasteiger partial charge in [0.15, 0.2) is 11.6 Å². The van der Waals surface area contributed by atoms with Crippen molar-refractivity contribution >= 4 is 44.6 Å². The number of carbonyl (C=O) groups excluding carboxylic acids is 4. The van der Waals surface area contributed by atoms with E-state index in [4.69, 9.17) is 23.9 Å². The monoisotopic (exact) mass is 959 g/mol. The molecule has 2 aliphatic carbocycles. The number of methoxy groups -OCH3 is 1. The minimum atomic E-state index is -4.95. The van der Waals surface area contributed by atoms with E-state index in [0.29, 0.717) is 73.7 Å². The molecule has 1 saturated heterocycles. The quantitative estimate of drug-likeness (QED) is 0.131. The molecule has 0 bridgehead atoms. The topological polar surface area (TPSA) is 192 Å². The number of nitrogens with zero attached hydrogens (tertiary/aromatic N) is 2. The summed E-state index contributed by atoms with van der Waals surface area (Å²) >= 11 is 0. The van der Waals surface area contributed by atoms with Crippen LogP contribution >= 0.6 is 0 Å². The molecule has 2 aromatic carbocycles. The van der Waals surface area contributed by atoms with Crippen LogP contribution in [0.4, 0.5) is 22.4 Å². The van der Waals surface area contributed by atoms with E-state index in [1.165, 1.54) is 19.2 Å². The van der Waals surface area contributed by atoms with Crippen LogP contribution in [0, 0.1) is 23.6 Å². The summed E-state index contributed by atoms with van der Waals surface area (Å²) in [4.78, 5) is 62.9. The van der Waals surface area contributed by atoms with Gasteiger partial charge in [-0.05, 0) is 126 Å². The third kappa shape index (κ3) is 10.9. The lowest BCUT2D eigenvalue weighted by atomic mass is 9.88. The highest BCUT2D eigenvalue weighted by molar-refractivity contribution is 7.91. The van der Waals surface area contributed by atoms with E-state index in [1.807, 2.05) is 13.0 Å². The van der Waals surface area contributed by atoms with Gasteiger partial charge in [-0.2, -0.15) is 13.2 Å². The summed E-state index contributed by atoms with van der Waals surface area (Å²) in [5, 5.41) is 5.50. The maximum Gasteiger partial charge on any atom is 0.427 e. The smallest absolute Gasteiger partial charge is 0.427 e. The van der Waals surface area contributed by atoms with Crippen molar-refractivity contribution in [1.29, 1.82) is 0 Å². The first-order valence-electron chi connectivity index (χ1n) is 22.4. The van der Waals surface area contributed by atoms with Crippen LogP contribution < -0.4 is 29.6 Å². The van der Waals surface area contributed by atoms with Crippen LogP contribution in [-0.4, -0.2) is 103 Å². The summed E-state index contributed by atoms with van der Waals surface area (Å²) in [5.41, 5.74) is -3.95. The SMILES string of the molecule is COc1ccc2c(O[C@@H]3C[C@H]4C(=O)N[C@]5(C(=O)NS(=O)(=O)C6CC6)C[C@H]5/C=C\CC[C@H](C)C[C@@H](C)[C@H](NC(=O)OC(C)(C)C(F)(F)F)C(=O)N4C3)nc(-c3ccc(OC(C)C)c(F)c3)cc2c1. The number of halogens is 4. The lowest BCUT2D eigenvalue weighted by Gasteiger charge is -2.34. The second kappa shape index (κ2) is 18.8. The molecule has 2 aliphatic heterocycles. The molecular formula is C47H57F4N5O10S. The molecule has 7 rings (SSSR count). The van der Waals surface area contributed by atoms with Crippen LogP contribution in [0.25, 0.3) is 22.0 Å². The van der Waals surface area contributed by atoms with Crippen molar-refractivity contribution < 1.29 is 64.1 Å². The molecule has 3 heterocycles. The van der Waals surface area contributed by atoms with Crippen LogP contribution in [0.2, 0.25) is 0 Å². The van der Waals surface area contributed by atoms with Crippen molar-refractivity contribution in [3.8, 4) is 28.6 Å². The number of hydrogen-bond acceptors (Lipinski definition) is 11. The number of fused-ring (bicyclic) bond motifs is 3. The van der Waals surface area contributed by atoms with E-state index in [0.717, 1.165) is 4.90 Å². The minimum Gasteiger partial charge on any atom is -0.497 e. The number of carbonyl (C=O) groups is 4. The van der Waals surface area contributed by atoms with Crippen molar-refractivity contribution in [3.05, 3.63) is 60.4 Å². The number of benzene rings is 2. The Bertz CT molecular complexity index is 2550. The zero-order valence-corrected chi connectivity index (χ0v) is 39.2. The van der Waals surface area contributed by atoms with Gasteiger partial charge in [0.1, 0.15) is 29.5 Å². The van der Waals surface area contributed by atoms with Crippen molar-refractivity contribution in [2.24, 2.45) is 17.8 Å². The van der Waals surface area contributed by atoms with E-state index in [-0.39, 0.29) is 43.0 Å². The van der Waals surface area contributed by atoms with Gasteiger partial charge in [-0.25, -0.2) is 22.6 Å². The number of ether oxygens (including phenoxy) is 4. The van der Waals surface area contributed by atoms with Crippen molar-refractivity contribution in [2.75, 3.05) is 13.7 Å². The summed E-state index contributed by atoms with van der Waals surface area (Å²) in [5.74, 6) is -4.01. The van der Waals surface area contributed by atoms with Gasteiger partial charge < -0.3 is 34.5 Å². The van der Waals surface area contributed by atoms with Gasteiger partial charge >= 0.3 is 12.3 Å². The van der Waals surface area contributed by atoms with Crippen molar-refractivity contribution in [3.63, 3.8) is 0 Å². The molecule has 3 fully saturated rings. The summed E-state index contributed by atoms with van der Waals surface area (Å²) < 4.78 is 108. The molecule has 20 heteroatoms. The van der Waals surface area contributed by atoms with Gasteiger partial charge in [0.05, 0.1) is 30.7 Å². The summed E-state index contributed by atoms with van der Waals surface area (Å²) in [7, 11) is -2.54. The fourth-order valence-corrected chi connectivity index (χ4v) is 10.0. The maximum atomic E-state index is 15.3. The standard InChI is InChI=1S/C47H57F4N5O10S/c1-25(2)64-38-17-12-28(20-35(38)48)36-21-29-19-31(63-7)13-16-34(29)41(52-36)65-32-22-37-40(57)54-46(43(59)55-67(61,62)33-14-15-33)23-30(46)11-9-8-10-26(3)18-27(4)39(42(58)56(37)24-32)53-44(60)66-45(5,6)47(49,50)51/h9,11-13,16-17,19-21,25-27,30,32-33,37,39H,8,10,14-15,18,22-24H2,1-7H3,(H,53,60)(H,54,57)(H,55,59)/b11-9-/t26-,27+,30+,32+,37-,39-,46+/m0/s1. The molecule has 364 valence electrons. The minimum absolute atomic E-state index is 0.0427. The predicted molar refractivity (Wildman–Crippen MR) is 238 cm³/mol. The van der Waals surface area contributed by atoms with E-state index in [9.17, 15) is 40.8 Å². The van der Waals surface area contributed by atoms with Crippen LogP contribution in [0.1, 0.15) is 86.5 Å². The molecule has 0 unspecified atom stereocenters. The molecule has 3 N–H and O–H groups in total. The number of nitrogens with one attached hydrogen (secondary N) is 3. The number of pyridine rings is 1. The Morgan fingerprint density at radius 3 is 2.40 bits per heavy atom. The van der Waals surface area contributed by atoms with Gasteiger partial charge in [0, 0.05) is 23.3 Å². The first kappa shape index (κ1) is 49.3. The molecule has 7 atom stereocenters. The summed E-state index contributed by atoms with van der Waals surface area (Å²) in [6.07, 6.45) is -2.10. The lowest BCUT2D eigenvalue weighted by molar-refractivity contribution is -0.244. The highest BCUT2D eigenvalue weighted by atomic mass is 32.2. The average Bonchev–Trinajstić information content (AvgIpc) is 4.17. The predicted octanol–water partition coefficient (Wildman–Crippen LogP) is 7.12. The Morgan fingerprint density at radius 2 is 1.75 bits per heavy atom. The van der Waals surface area contributed by atoms with Crippen LogP contribution in [-0.2, 0) is 29.1 Å². The Morgan fingerprint density at radius 1 is 1.01 bits per heavy atom. The number of alkyl halides is 3. The van der Waals surface area contributed by atoms with Crippen LogP contribution in [0.15, 0.2) is 54.6 Å². The first-order valence-corrected chi connectivity index (χ1v) is 24.0. The fourth-order valence-electron chi connectivity index (χ4n) is 8.68. The number of sulfonamides is 1. The molecule has 4 aliphatic rings. The highest BCUT2D eigenvalue weighted by Crippen LogP contribution is 2.46. The number of alkyl carbamates (subject to hydrolysis) is 1. The number of hydrogen-bond donors (Lipinski definition) is 3. The van der Waals surface area contributed by atoms with Crippen molar-refractivity contribution in [1.82, 2.24) is 25.2 Å². The Labute approximate surface area is 386 Å². The van der Waals surface area contributed by atoms with Crippen LogP contribution in [0.5, 0.6) is 17.4 Å². The molecule has 3 aromatic rings. The molecule has 4 amide bonds. The number of rotatable bonds is 11. The number of amides is 4. The molecule has 2 saturated carbocycles. The third-order valence-electron chi connectivity index (χ3n) is 12.8. The van der Waals surface area contributed by atoms with Gasteiger partial charge in [0.25, 0.3) is 5.91 Å². The summed E-state index contributed by atoms with van der Waals surface area (Å²) in [6, 6.07) is 8.28. The summed E-state index contributed by atoms with van der Waals surface area (Å²) in [6.45, 7) is 8.16. The van der Waals surface area contributed by atoms with Crippen molar-refractivity contribution in [2.45, 2.75) is 133 Å². The van der Waals surface area contributed by atoms with E-state index in [2.05, 4.69) is 15.4 Å². The molecule has 15 nitrogen and oxygen atoms in total. The second-order valence-corrected chi connectivity index (χ2v) is 20.9. The van der Waals surface area contributed by atoms with E-state index in [1.54, 1.807) is 57.2 Å². The molecule has 0 spiro atoms. The highest BCUT2D eigenvalue weighted by Gasteiger charge is 2.62. The Hall–Kier alpha value is -5.66. The Kier molecular flexibility index (Phi) is 13.8. The second-order valence-electron chi connectivity index (χ2n) is 19.0. The molecular weight excluding hydrogens is 903 g/mol. The Balaban J connectivity index is 1.27. The van der Waals surface area contributed by atoms with E-state index < -0.39 is 92.2 Å². The molecule has 1 aromatic heterocycles. The zero-order valence-electron chi connectivity index (χ0n) is 38.4. The average molecular weight is 960 g/mol. The lowest BCUT2D eigenvalue weighted by Crippen LogP contribution is -2.59.